The number of halogens is 1. The summed E-state index contributed by atoms with van der Waals surface area (Å²) in [6.07, 6.45) is 1.17. The minimum atomic E-state index is -0.149. The molecule has 0 aliphatic carbocycles. The second kappa shape index (κ2) is 8.50. The van der Waals surface area contributed by atoms with Crippen molar-refractivity contribution < 1.29 is 9.53 Å². The fraction of sp³-hybridized carbons (Fsp3) is 0.381. The van der Waals surface area contributed by atoms with E-state index in [9.17, 15) is 4.79 Å². The van der Waals surface area contributed by atoms with Crippen LogP contribution in [-0.4, -0.2) is 32.1 Å². The molecule has 1 atom stereocenters. The highest BCUT2D eigenvalue weighted by Crippen LogP contribution is 2.28. The van der Waals surface area contributed by atoms with Crippen LogP contribution in [0.25, 0.3) is 0 Å². The molecule has 2 aromatic rings. The highest BCUT2D eigenvalue weighted by molar-refractivity contribution is 6.31. The van der Waals surface area contributed by atoms with Crippen LogP contribution in [0.4, 0.5) is 5.69 Å². The third-order valence-corrected chi connectivity index (χ3v) is 5.16. The second-order valence-electron chi connectivity index (χ2n) is 6.36. The Bertz CT molecular complexity index is 708. The Hall–Kier alpha value is -1.84. The maximum Gasteiger partial charge on any atom is 0.140 e. The van der Waals surface area contributed by atoms with Crippen molar-refractivity contribution >= 4 is 23.1 Å². The molecular weight excluding hydrogens is 334 g/mol. The smallest absolute Gasteiger partial charge is 0.140 e. The number of benzene rings is 2. The standard InChI is InChI=1S/C21H24ClNO2/c1-2-21(24)19(15-17-5-3-4-6-20(17)22)16-7-9-18(10-8-16)23-11-13-25-14-12-23/h3-10,19H,2,11-15H2,1H3. The molecule has 4 heteroatoms. The number of hydrogen-bond donors (Lipinski definition) is 0. The van der Waals surface area contributed by atoms with Gasteiger partial charge in [0.25, 0.3) is 0 Å². The van der Waals surface area contributed by atoms with E-state index in [2.05, 4.69) is 29.2 Å². The van der Waals surface area contributed by atoms with E-state index in [-0.39, 0.29) is 11.7 Å². The molecule has 1 unspecified atom stereocenters. The van der Waals surface area contributed by atoms with Crippen molar-refractivity contribution in [2.24, 2.45) is 0 Å². The molecule has 1 aliphatic rings. The molecule has 2 aromatic carbocycles. The molecule has 1 fully saturated rings. The third-order valence-electron chi connectivity index (χ3n) is 4.79. The number of nitrogens with zero attached hydrogens (tertiary/aromatic N) is 1. The predicted molar refractivity (Wildman–Crippen MR) is 103 cm³/mol. The van der Waals surface area contributed by atoms with Crippen molar-refractivity contribution in [3.8, 4) is 0 Å². The first-order valence-electron chi connectivity index (χ1n) is 8.88. The Balaban J connectivity index is 1.81. The van der Waals surface area contributed by atoms with Gasteiger partial charge in [0.1, 0.15) is 5.78 Å². The molecule has 132 valence electrons. The number of carbonyl (C=O) groups is 1. The van der Waals surface area contributed by atoms with Crippen molar-refractivity contribution in [1.82, 2.24) is 0 Å². The van der Waals surface area contributed by atoms with E-state index < -0.39 is 0 Å². The topological polar surface area (TPSA) is 29.5 Å². The van der Waals surface area contributed by atoms with Crippen molar-refractivity contribution in [1.29, 1.82) is 0 Å². The zero-order valence-electron chi connectivity index (χ0n) is 14.6. The molecular formula is C21H24ClNO2. The average molecular weight is 358 g/mol. The lowest BCUT2D eigenvalue weighted by molar-refractivity contribution is -0.120. The summed E-state index contributed by atoms with van der Waals surface area (Å²) in [5, 5.41) is 0.723. The zero-order chi connectivity index (χ0) is 17.6. The number of ether oxygens (including phenoxy) is 1. The van der Waals surface area contributed by atoms with Gasteiger partial charge in [0.05, 0.1) is 13.2 Å². The summed E-state index contributed by atoms with van der Waals surface area (Å²) in [5.41, 5.74) is 3.27. The number of morpholine rings is 1. The van der Waals surface area contributed by atoms with Crippen LogP contribution in [0.3, 0.4) is 0 Å². The van der Waals surface area contributed by atoms with E-state index in [0.29, 0.717) is 12.8 Å². The lowest BCUT2D eigenvalue weighted by Gasteiger charge is -2.29. The lowest BCUT2D eigenvalue weighted by Crippen LogP contribution is -2.36. The lowest BCUT2D eigenvalue weighted by atomic mass is 9.87. The van der Waals surface area contributed by atoms with Gasteiger partial charge in [0.15, 0.2) is 0 Å². The molecule has 25 heavy (non-hydrogen) atoms. The van der Waals surface area contributed by atoms with Crippen LogP contribution in [0.1, 0.15) is 30.4 Å². The van der Waals surface area contributed by atoms with E-state index in [0.717, 1.165) is 42.5 Å². The SMILES string of the molecule is CCC(=O)C(Cc1ccccc1Cl)c1ccc(N2CCOCC2)cc1. The first kappa shape index (κ1) is 18.0. The van der Waals surface area contributed by atoms with Gasteiger partial charge in [0.2, 0.25) is 0 Å². The molecule has 1 saturated heterocycles. The minimum absolute atomic E-state index is 0.149. The van der Waals surface area contributed by atoms with Crippen LogP contribution in [0.5, 0.6) is 0 Å². The van der Waals surface area contributed by atoms with Crippen molar-refractivity contribution in [2.75, 3.05) is 31.2 Å². The van der Waals surface area contributed by atoms with Gasteiger partial charge in [0, 0.05) is 36.1 Å². The molecule has 0 aromatic heterocycles. The van der Waals surface area contributed by atoms with Gasteiger partial charge in [-0.3, -0.25) is 4.79 Å². The minimum Gasteiger partial charge on any atom is -0.378 e. The second-order valence-corrected chi connectivity index (χ2v) is 6.77. The first-order valence-corrected chi connectivity index (χ1v) is 9.25. The molecule has 0 saturated carbocycles. The fourth-order valence-electron chi connectivity index (χ4n) is 3.29. The molecule has 3 nitrogen and oxygen atoms in total. The van der Waals surface area contributed by atoms with E-state index in [1.54, 1.807) is 0 Å². The summed E-state index contributed by atoms with van der Waals surface area (Å²) < 4.78 is 5.41. The van der Waals surface area contributed by atoms with Gasteiger partial charge < -0.3 is 9.64 Å². The average Bonchev–Trinajstić information content (AvgIpc) is 2.68. The zero-order valence-corrected chi connectivity index (χ0v) is 15.3. The molecule has 1 heterocycles. The Morgan fingerprint density at radius 2 is 1.80 bits per heavy atom. The summed E-state index contributed by atoms with van der Waals surface area (Å²) in [4.78, 5) is 14.9. The van der Waals surface area contributed by atoms with Crippen LogP contribution < -0.4 is 4.90 Å². The van der Waals surface area contributed by atoms with Crippen LogP contribution in [0.2, 0.25) is 5.02 Å². The quantitative estimate of drug-likeness (QED) is 0.763. The van der Waals surface area contributed by atoms with E-state index in [1.807, 2.05) is 31.2 Å². The summed E-state index contributed by atoms with van der Waals surface area (Å²) >= 11 is 6.30. The molecule has 1 aliphatic heterocycles. The summed E-state index contributed by atoms with van der Waals surface area (Å²) in [7, 11) is 0. The molecule has 0 amide bonds. The molecule has 3 rings (SSSR count). The highest BCUT2D eigenvalue weighted by atomic mass is 35.5. The Kier molecular flexibility index (Phi) is 6.11. The number of carbonyl (C=O) groups excluding carboxylic acids is 1. The normalized spacial score (nSPS) is 15.8. The molecule has 0 spiro atoms. The highest BCUT2D eigenvalue weighted by Gasteiger charge is 2.21. The van der Waals surface area contributed by atoms with E-state index in [1.165, 1.54) is 5.69 Å². The summed E-state index contributed by atoms with van der Waals surface area (Å²) in [5.74, 6) is 0.0997. The summed E-state index contributed by atoms with van der Waals surface area (Å²) in [6, 6.07) is 16.2. The van der Waals surface area contributed by atoms with Gasteiger partial charge in [-0.15, -0.1) is 0 Å². The molecule has 0 N–H and O–H groups in total. The number of anilines is 1. The number of ketones is 1. The predicted octanol–water partition coefficient (Wildman–Crippen LogP) is 4.48. The van der Waals surface area contributed by atoms with Crippen molar-refractivity contribution in [3.63, 3.8) is 0 Å². The van der Waals surface area contributed by atoms with Gasteiger partial charge >= 0.3 is 0 Å². The Morgan fingerprint density at radius 1 is 1.12 bits per heavy atom. The van der Waals surface area contributed by atoms with Crippen LogP contribution in [-0.2, 0) is 16.0 Å². The van der Waals surface area contributed by atoms with Gasteiger partial charge in [-0.25, -0.2) is 0 Å². The van der Waals surface area contributed by atoms with Gasteiger partial charge in [-0.1, -0.05) is 48.9 Å². The maximum atomic E-state index is 12.5. The largest absolute Gasteiger partial charge is 0.378 e. The van der Waals surface area contributed by atoms with E-state index >= 15 is 0 Å². The van der Waals surface area contributed by atoms with Crippen molar-refractivity contribution in [3.05, 3.63) is 64.7 Å². The van der Waals surface area contributed by atoms with Crippen LogP contribution in [0.15, 0.2) is 48.5 Å². The van der Waals surface area contributed by atoms with Crippen LogP contribution in [0, 0.1) is 0 Å². The van der Waals surface area contributed by atoms with Gasteiger partial charge in [-0.05, 0) is 35.7 Å². The monoisotopic (exact) mass is 357 g/mol. The first-order chi connectivity index (χ1) is 12.2. The Labute approximate surface area is 154 Å². The maximum absolute atomic E-state index is 12.5. The van der Waals surface area contributed by atoms with Crippen molar-refractivity contribution in [2.45, 2.75) is 25.7 Å². The fourth-order valence-corrected chi connectivity index (χ4v) is 3.50. The molecule has 0 bridgehead atoms. The number of Topliss-reactive ketones (excluding diaryl/α,β-unsaturated/α-hetero) is 1. The summed E-state index contributed by atoms with van der Waals surface area (Å²) in [6.45, 7) is 5.28. The van der Waals surface area contributed by atoms with Crippen LogP contribution >= 0.6 is 11.6 Å². The number of rotatable bonds is 6. The van der Waals surface area contributed by atoms with Gasteiger partial charge in [-0.2, -0.15) is 0 Å². The Morgan fingerprint density at radius 3 is 2.44 bits per heavy atom. The van der Waals surface area contributed by atoms with E-state index in [4.69, 9.17) is 16.3 Å². The molecule has 0 radical (unpaired) electrons. The number of hydrogen-bond acceptors (Lipinski definition) is 3. The third kappa shape index (κ3) is 4.42.